The zero-order valence-corrected chi connectivity index (χ0v) is 15.8. The highest BCUT2D eigenvalue weighted by atomic mass is 19.1. The summed E-state index contributed by atoms with van der Waals surface area (Å²) in [5.74, 6) is -0.971. The van der Waals surface area contributed by atoms with E-state index in [2.05, 4.69) is 15.4 Å². The maximum Gasteiger partial charge on any atom is 0.252 e. The number of carbonyl (C=O) groups is 1. The van der Waals surface area contributed by atoms with Gasteiger partial charge in [-0.25, -0.2) is 13.8 Å². The monoisotopic (exact) mass is 400 g/mol. The molecular weight excluding hydrogens is 382 g/mol. The van der Waals surface area contributed by atoms with Crippen LogP contribution in [0.5, 0.6) is 11.6 Å². The van der Waals surface area contributed by atoms with Crippen molar-refractivity contribution in [2.75, 3.05) is 14.2 Å². The second-order valence-electron chi connectivity index (χ2n) is 6.58. The van der Waals surface area contributed by atoms with Gasteiger partial charge in [0.2, 0.25) is 5.88 Å². The first-order chi connectivity index (χ1) is 14.0. The average Bonchev–Trinajstić information content (AvgIpc) is 3.29. The van der Waals surface area contributed by atoms with E-state index in [1.54, 1.807) is 10.7 Å². The topological polar surface area (TPSA) is 78.3 Å². The molecule has 3 aromatic rings. The van der Waals surface area contributed by atoms with Crippen molar-refractivity contribution in [3.8, 4) is 22.9 Å². The number of rotatable bonds is 5. The molecule has 1 aromatic carbocycles. The fourth-order valence-electron chi connectivity index (χ4n) is 3.35. The van der Waals surface area contributed by atoms with E-state index in [-0.39, 0.29) is 28.8 Å². The number of hydrogen-bond donors (Lipinski definition) is 1. The van der Waals surface area contributed by atoms with Gasteiger partial charge in [-0.1, -0.05) is 0 Å². The molecule has 1 N–H and O–H groups in total. The lowest BCUT2D eigenvalue weighted by molar-refractivity contribution is 0.0936. The Hall–Kier alpha value is -3.49. The normalized spacial score (nSPS) is 15.1. The quantitative estimate of drug-likeness (QED) is 0.712. The summed E-state index contributed by atoms with van der Waals surface area (Å²) in [6, 6.07) is 6.68. The van der Waals surface area contributed by atoms with Gasteiger partial charge in [-0.15, -0.1) is 0 Å². The van der Waals surface area contributed by atoms with Gasteiger partial charge in [0.25, 0.3) is 5.91 Å². The Morgan fingerprint density at radius 1 is 1.17 bits per heavy atom. The summed E-state index contributed by atoms with van der Waals surface area (Å²) >= 11 is 0. The van der Waals surface area contributed by atoms with Crippen LogP contribution in [-0.4, -0.2) is 34.9 Å². The predicted octanol–water partition coefficient (Wildman–Crippen LogP) is 3.12. The number of fused-ring (bicyclic) bond motifs is 1. The fourth-order valence-corrected chi connectivity index (χ4v) is 3.35. The molecule has 1 aliphatic heterocycles. The number of aryl methyl sites for hydroxylation is 1. The number of amides is 1. The standard InChI is InChI=1S/C20H18F2N4O3/c1-28-13-6-11(5-12(21)7-13)20(27)24-16-3-4-26-18(16)9-17(25-26)14-8-19(29-2)23-10-15(14)22/h5-10,16H,3-4H2,1-2H3,(H,24,27). The minimum absolute atomic E-state index is 0.157. The van der Waals surface area contributed by atoms with Crippen LogP contribution in [0.3, 0.4) is 0 Å². The lowest BCUT2D eigenvalue weighted by Gasteiger charge is -2.12. The number of ether oxygens (including phenoxy) is 2. The van der Waals surface area contributed by atoms with E-state index >= 15 is 0 Å². The molecule has 1 atom stereocenters. The molecule has 9 heteroatoms. The van der Waals surface area contributed by atoms with Gasteiger partial charge in [0, 0.05) is 29.8 Å². The van der Waals surface area contributed by atoms with Gasteiger partial charge in [-0.3, -0.25) is 9.48 Å². The Kier molecular flexibility index (Phi) is 4.87. The van der Waals surface area contributed by atoms with E-state index in [0.29, 0.717) is 18.7 Å². The van der Waals surface area contributed by atoms with Crippen molar-refractivity contribution >= 4 is 5.91 Å². The summed E-state index contributed by atoms with van der Waals surface area (Å²) in [4.78, 5) is 16.4. The summed E-state index contributed by atoms with van der Waals surface area (Å²) < 4.78 is 39.7. The van der Waals surface area contributed by atoms with Crippen molar-refractivity contribution in [1.29, 1.82) is 0 Å². The summed E-state index contributed by atoms with van der Waals surface area (Å²) in [6.07, 6.45) is 1.71. The Morgan fingerprint density at radius 3 is 2.76 bits per heavy atom. The minimum atomic E-state index is -0.560. The Morgan fingerprint density at radius 2 is 2.00 bits per heavy atom. The Balaban J connectivity index is 1.58. The van der Waals surface area contributed by atoms with E-state index in [1.165, 1.54) is 32.4 Å². The molecule has 7 nitrogen and oxygen atoms in total. The molecule has 29 heavy (non-hydrogen) atoms. The largest absolute Gasteiger partial charge is 0.497 e. The second-order valence-corrected chi connectivity index (χ2v) is 6.58. The molecule has 0 saturated heterocycles. The number of methoxy groups -OCH3 is 2. The maximum absolute atomic E-state index is 14.2. The van der Waals surface area contributed by atoms with Crippen LogP contribution in [0.4, 0.5) is 8.78 Å². The highest BCUT2D eigenvalue weighted by Crippen LogP contribution is 2.32. The molecule has 0 radical (unpaired) electrons. The van der Waals surface area contributed by atoms with E-state index < -0.39 is 17.5 Å². The summed E-state index contributed by atoms with van der Waals surface area (Å²) in [5, 5.41) is 7.31. The van der Waals surface area contributed by atoms with Crippen molar-refractivity contribution in [2.24, 2.45) is 0 Å². The van der Waals surface area contributed by atoms with Gasteiger partial charge in [-0.2, -0.15) is 5.10 Å². The first kappa shape index (κ1) is 18.9. The van der Waals surface area contributed by atoms with Crippen LogP contribution in [0.15, 0.2) is 36.5 Å². The maximum atomic E-state index is 14.2. The average molecular weight is 400 g/mol. The molecule has 0 fully saturated rings. The van der Waals surface area contributed by atoms with E-state index in [1.807, 2.05) is 0 Å². The zero-order chi connectivity index (χ0) is 20.5. The fraction of sp³-hybridized carbons (Fsp3) is 0.250. The number of nitrogens with one attached hydrogen (secondary N) is 1. The van der Waals surface area contributed by atoms with Crippen LogP contribution in [0.1, 0.15) is 28.5 Å². The lowest BCUT2D eigenvalue weighted by Crippen LogP contribution is -2.27. The molecule has 1 unspecified atom stereocenters. The number of nitrogens with zero attached hydrogens (tertiary/aromatic N) is 3. The van der Waals surface area contributed by atoms with Crippen molar-refractivity contribution in [3.05, 3.63) is 59.4 Å². The molecule has 0 aliphatic carbocycles. The third-order valence-electron chi connectivity index (χ3n) is 4.79. The predicted molar refractivity (Wildman–Crippen MR) is 99.7 cm³/mol. The highest BCUT2D eigenvalue weighted by Gasteiger charge is 2.28. The van der Waals surface area contributed by atoms with Crippen LogP contribution in [0, 0.1) is 11.6 Å². The van der Waals surface area contributed by atoms with Gasteiger partial charge in [0.15, 0.2) is 5.82 Å². The SMILES string of the molecule is COc1cc(F)cc(C(=O)NC2CCn3nc(-c4cc(OC)ncc4F)cc32)c1. The molecule has 2 aromatic heterocycles. The highest BCUT2D eigenvalue weighted by molar-refractivity contribution is 5.94. The minimum Gasteiger partial charge on any atom is -0.497 e. The molecule has 0 spiro atoms. The Labute approximate surface area is 165 Å². The number of carbonyl (C=O) groups excluding carboxylic acids is 1. The number of hydrogen-bond acceptors (Lipinski definition) is 5. The molecule has 150 valence electrons. The van der Waals surface area contributed by atoms with Gasteiger partial charge < -0.3 is 14.8 Å². The molecule has 4 rings (SSSR count). The van der Waals surface area contributed by atoms with Gasteiger partial charge in [-0.05, 0) is 24.6 Å². The second kappa shape index (κ2) is 7.50. The van der Waals surface area contributed by atoms with Gasteiger partial charge in [0.05, 0.1) is 37.8 Å². The zero-order valence-electron chi connectivity index (χ0n) is 15.8. The van der Waals surface area contributed by atoms with Crippen LogP contribution >= 0.6 is 0 Å². The summed E-state index contributed by atoms with van der Waals surface area (Å²) in [7, 11) is 2.85. The van der Waals surface area contributed by atoms with Crippen LogP contribution < -0.4 is 14.8 Å². The van der Waals surface area contributed by atoms with Crippen molar-refractivity contribution in [2.45, 2.75) is 19.0 Å². The van der Waals surface area contributed by atoms with Crippen molar-refractivity contribution in [3.63, 3.8) is 0 Å². The van der Waals surface area contributed by atoms with E-state index in [9.17, 15) is 13.6 Å². The third kappa shape index (κ3) is 3.63. The number of halogens is 2. The van der Waals surface area contributed by atoms with Crippen molar-refractivity contribution in [1.82, 2.24) is 20.1 Å². The number of benzene rings is 1. The molecule has 0 saturated carbocycles. The van der Waals surface area contributed by atoms with Gasteiger partial charge in [0.1, 0.15) is 11.6 Å². The molecule has 1 aliphatic rings. The number of aromatic nitrogens is 3. The van der Waals surface area contributed by atoms with Crippen LogP contribution in [-0.2, 0) is 6.54 Å². The first-order valence-corrected chi connectivity index (χ1v) is 8.91. The summed E-state index contributed by atoms with van der Waals surface area (Å²) in [6.45, 7) is 0.566. The third-order valence-corrected chi connectivity index (χ3v) is 4.79. The van der Waals surface area contributed by atoms with E-state index in [0.717, 1.165) is 18.0 Å². The van der Waals surface area contributed by atoms with Crippen LogP contribution in [0.25, 0.3) is 11.3 Å². The molecule has 1 amide bonds. The molecule has 3 heterocycles. The van der Waals surface area contributed by atoms with Crippen molar-refractivity contribution < 1.29 is 23.0 Å². The van der Waals surface area contributed by atoms with Gasteiger partial charge >= 0.3 is 0 Å². The molecular formula is C20H18F2N4O3. The van der Waals surface area contributed by atoms with Crippen LogP contribution in [0.2, 0.25) is 0 Å². The summed E-state index contributed by atoms with van der Waals surface area (Å²) in [5.41, 5.74) is 1.58. The lowest BCUT2D eigenvalue weighted by atomic mass is 10.1. The van der Waals surface area contributed by atoms with E-state index in [4.69, 9.17) is 9.47 Å². The smallest absolute Gasteiger partial charge is 0.252 e. The number of pyridine rings is 1. The molecule has 0 bridgehead atoms. The first-order valence-electron chi connectivity index (χ1n) is 8.91. The Bertz CT molecular complexity index is 1080.